The lowest BCUT2D eigenvalue weighted by molar-refractivity contribution is -0.149. The molecule has 0 amide bonds. The quantitative estimate of drug-likeness (QED) is 0.806. The molecule has 0 aliphatic carbocycles. The summed E-state index contributed by atoms with van der Waals surface area (Å²) in [5, 5.41) is 18.6. The lowest BCUT2D eigenvalue weighted by Crippen LogP contribution is -2.42. The average molecular weight is 352 g/mol. The molecule has 1 heterocycles. The summed E-state index contributed by atoms with van der Waals surface area (Å²) in [5.74, 6) is -0.826. The Balaban J connectivity index is 2.34. The van der Waals surface area contributed by atoms with Crippen LogP contribution in [0.3, 0.4) is 0 Å². The van der Waals surface area contributed by atoms with Gasteiger partial charge in [0.1, 0.15) is 12.1 Å². The highest BCUT2D eigenvalue weighted by Gasteiger charge is 2.44. The Labute approximate surface area is 141 Å². The van der Waals surface area contributed by atoms with Crippen molar-refractivity contribution < 1.29 is 23.1 Å². The number of benzene rings is 1. The van der Waals surface area contributed by atoms with Crippen molar-refractivity contribution in [3.63, 3.8) is 0 Å². The van der Waals surface area contributed by atoms with Crippen LogP contribution in [0.4, 0.5) is 0 Å². The summed E-state index contributed by atoms with van der Waals surface area (Å²) >= 11 is 0. The Bertz CT molecular complexity index is 784. The Morgan fingerprint density at radius 2 is 2.08 bits per heavy atom. The first-order valence-corrected chi connectivity index (χ1v) is 8.98. The number of carbonyl (C=O) groups excluding carboxylic acids is 1. The van der Waals surface area contributed by atoms with E-state index < -0.39 is 34.2 Å². The summed E-state index contributed by atoms with van der Waals surface area (Å²) in [6.45, 7) is 4.88. The van der Waals surface area contributed by atoms with Gasteiger partial charge in [-0.2, -0.15) is 9.57 Å². The van der Waals surface area contributed by atoms with Crippen LogP contribution in [-0.2, 0) is 19.6 Å². The zero-order chi connectivity index (χ0) is 18.1. The van der Waals surface area contributed by atoms with Crippen LogP contribution in [0.1, 0.15) is 24.5 Å². The van der Waals surface area contributed by atoms with Crippen molar-refractivity contribution in [2.75, 3.05) is 6.54 Å². The summed E-state index contributed by atoms with van der Waals surface area (Å²) in [7, 11) is -3.96. The predicted molar refractivity (Wildman–Crippen MR) is 85.4 cm³/mol. The second-order valence-electron chi connectivity index (χ2n) is 5.93. The third-order valence-corrected chi connectivity index (χ3v) is 5.94. The number of nitrogens with zero attached hydrogens (tertiary/aromatic N) is 2. The van der Waals surface area contributed by atoms with E-state index in [1.807, 2.05) is 6.92 Å². The van der Waals surface area contributed by atoms with Gasteiger partial charge in [-0.3, -0.25) is 4.79 Å². The van der Waals surface area contributed by atoms with Gasteiger partial charge < -0.3 is 9.84 Å². The zero-order valence-electron chi connectivity index (χ0n) is 13.8. The lowest BCUT2D eigenvalue weighted by atomic mass is 10.1. The molecule has 3 unspecified atom stereocenters. The third kappa shape index (κ3) is 3.59. The summed E-state index contributed by atoms with van der Waals surface area (Å²) in [5.41, 5.74) is 1.77. The summed E-state index contributed by atoms with van der Waals surface area (Å²) in [4.78, 5) is 12.2. The number of sulfonamides is 1. The van der Waals surface area contributed by atoms with Gasteiger partial charge in [-0.1, -0.05) is 6.07 Å². The van der Waals surface area contributed by atoms with E-state index in [2.05, 4.69) is 0 Å². The van der Waals surface area contributed by atoms with Crippen molar-refractivity contribution in [3.05, 3.63) is 29.3 Å². The Hall–Kier alpha value is -1.95. The number of aliphatic hydroxyl groups is 1. The van der Waals surface area contributed by atoms with E-state index in [9.17, 15) is 18.3 Å². The molecule has 3 atom stereocenters. The molecule has 1 aromatic carbocycles. The maximum absolute atomic E-state index is 12.9. The molecule has 130 valence electrons. The van der Waals surface area contributed by atoms with Crippen LogP contribution in [0.5, 0.6) is 0 Å². The zero-order valence-corrected chi connectivity index (χ0v) is 14.6. The number of hydrogen-bond donors (Lipinski definition) is 1. The van der Waals surface area contributed by atoms with Crippen LogP contribution in [0.2, 0.25) is 0 Å². The van der Waals surface area contributed by atoms with E-state index >= 15 is 0 Å². The fourth-order valence-corrected chi connectivity index (χ4v) is 4.27. The number of aliphatic hydroxyl groups excluding tert-OH is 1. The van der Waals surface area contributed by atoms with Gasteiger partial charge in [0.05, 0.1) is 11.0 Å². The molecule has 0 radical (unpaired) electrons. The van der Waals surface area contributed by atoms with E-state index in [0.717, 1.165) is 15.4 Å². The molecule has 1 aromatic rings. The lowest BCUT2D eigenvalue weighted by Gasteiger charge is -2.23. The number of hydrogen-bond acceptors (Lipinski definition) is 6. The minimum atomic E-state index is -3.96. The second-order valence-corrected chi connectivity index (χ2v) is 7.82. The van der Waals surface area contributed by atoms with Gasteiger partial charge in [0.25, 0.3) is 0 Å². The number of esters is 1. The molecule has 7 nitrogen and oxygen atoms in total. The Morgan fingerprint density at radius 1 is 1.42 bits per heavy atom. The number of ether oxygens (including phenoxy) is 1. The van der Waals surface area contributed by atoms with Gasteiger partial charge in [0.2, 0.25) is 10.0 Å². The standard InChI is InChI=1S/C16H20N2O5S/c1-10-4-5-14(6-11(10)2)24(21,22)18-9-13(19)7-15(18)16(20)23-12(3)8-17/h4-6,12-13,15,19H,7,9H2,1-3H3. The molecule has 0 spiro atoms. The molecule has 1 N–H and O–H groups in total. The number of aryl methyl sites for hydroxylation is 2. The van der Waals surface area contributed by atoms with Crippen molar-refractivity contribution in [2.45, 2.75) is 50.3 Å². The number of rotatable bonds is 4. The molecule has 1 aliphatic heterocycles. The molecular weight excluding hydrogens is 332 g/mol. The molecule has 0 aromatic heterocycles. The first-order chi connectivity index (χ1) is 11.2. The van der Waals surface area contributed by atoms with Gasteiger partial charge in [-0.15, -0.1) is 0 Å². The first-order valence-electron chi connectivity index (χ1n) is 7.54. The Morgan fingerprint density at radius 3 is 2.67 bits per heavy atom. The fourth-order valence-electron chi connectivity index (χ4n) is 2.55. The van der Waals surface area contributed by atoms with Gasteiger partial charge in [0.15, 0.2) is 6.10 Å². The van der Waals surface area contributed by atoms with Crippen molar-refractivity contribution in [3.8, 4) is 6.07 Å². The largest absolute Gasteiger partial charge is 0.446 e. The van der Waals surface area contributed by atoms with Crippen molar-refractivity contribution in [1.29, 1.82) is 5.26 Å². The van der Waals surface area contributed by atoms with E-state index in [4.69, 9.17) is 10.00 Å². The maximum Gasteiger partial charge on any atom is 0.325 e. The first kappa shape index (κ1) is 18.4. The normalized spacial score (nSPS) is 22.8. The van der Waals surface area contributed by atoms with Crippen LogP contribution >= 0.6 is 0 Å². The van der Waals surface area contributed by atoms with Crippen LogP contribution in [0.15, 0.2) is 23.1 Å². The van der Waals surface area contributed by atoms with Crippen LogP contribution < -0.4 is 0 Å². The monoisotopic (exact) mass is 352 g/mol. The minimum absolute atomic E-state index is 0.0545. The number of carbonyl (C=O) groups is 1. The fraction of sp³-hybridized carbons (Fsp3) is 0.500. The highest BCUT2D eigenvalue weighted by atomic mass is 32.2. The third-order valence-electron chi connectivity index (χ3n) is 4.07. The molecule has 8 heteroatoms. The SMILES string of the molecule is Cc1ccc(S(=O)(=O)N2CC(O)CC2C(=O)OC(C)C#N)cc1C. The molecule has 24 heavy (non-hydrogen) atoms. The predicted octanol–water partition coefficient (Wildman–Crippen LogP) is 0.883. The Kier molecular flexibility index (Phi) is 5.28. The smallest absolute Gasteiger partial charge is 0.325 e. The summed E-state index contributed by atoms with van der Waals surface area (Å²) < 4.78 is 31.6. The van der Waals surface area contributed by atoms with E-state index in [-0.39, 0.29) is 17.9 Å². The maximum atomic E-state index is 12.9. The minimum Gasteiger partial charge on any atom is -0.446 e. The highest BCUT2D eigenvalue weighted by molar-refractivity contribution is 7.89. The van der Waals surface area contributed by atoms with Gasteiger partial charge in [-0.25, -0.2) is 8.42 Å². The number of β-amino-alcohol motifs (C(OH)–C–C–N with tert-alkyl or cyclic N) is 1. The van der Waals surface area contributed by atoms with E-state index in [0.29, 0.717) is 0 Å². The molecule has 2 rings (SSSR count). The van der Waals surface area contributed by atoms with Crippen molar-refractivity contribution in [1.82, 2.24) is 4.31 Å². The van der Waals surface area contributed by atoms with E-state index in [1.165, 1.54) is 19.1 Å². The van der Waals surface area contributed by atoms with E-state index in [1.54, 1.807) is 19.1 Å². The van der Waals surface area contributed by atoms with Crippen LogP contribution in [0, 0.1) is 25.2 Å². The molecule has 1 aliphatic rings. The number of nitriles is 1. The van der Waals surface area contributed by atoms with Gasteiger partial charge >= 0.3 is 5.97 Å². The van der Waals surface area contributed by atoms with Crippen LogP contribution in [0.25, 0.3) is 0 Å². The topological polar surface area (TPSA) is 108 Å². The average Bonchev–Trinajstić information content (AvgIpc) is 2.92. The molecule has 0 saturated carbocycles. The van der Waals surface area contributed by atoms with Gasteiger partial charge in [0, 0.05) is 13.0 Å². The molecule has 0 bridgehead atoms. The van der Waals surface area contributed by atoms with Crippen molar-refractivity contribution in [2.24, 2.45) is 0 Å². The second kappa shape index (κ2) is 6.89. The van der Waals surface area contributed by atoms with Crippen molar-refractivity contribution >= 4 is 16.0 Å². The summed E-state index contributed by atoms with van der Waals surface area (Å²) in [6.07, 6.45) is -2.00. The summed E-state index contributed by atoms with van der Waals surface area (Å²) in [6, 6.07) is 5.33. The van der Waals surface area contributed by atoms with Gasteiger partial charge in [-0.05, 0) is 44.0 Å². The highest BCUT2D eigenvalue weighted by Crippen LogP contribution is 2.28. The molecule has 1 fully saturated rings. The molecule has 1 saturated heterocycles. The molecular formula is C16H20N2O5S. The van der Waals surface area contributed by atoms with Crippen LogP contribution in [-0.4, -0.2) is 48.6 Å².